The molecule has 1 spiro atoms. The van der Waals surface area contributed by atoms with Gasteiger partial charge >= 0.3 is 0 Å². The Morgan fingerprint density at radius 2 is 2.11 bits per heavy atom. The van der Waals surface area contributed by atoms with Crippen molar-refractivity contribution in [3.63, 3.8) is 0 Å². The molecule has 0 aromatic carbocycles. The number of hydrogen-bond acceptors (Lipinski definition) is 0. The Kier molecular flexibility index (Phi) is 0.854. The molecule has 0 unspecified atom stereocenters. The molecule has 2 rings (SSSR count). The molecule has 1 heteroatoms. The summed E-state index contributed by atoms with van der Waals surface area (Å²) in [7, 11) is 0. The largest absolute Gasteiger partial charge is 0.259 e. The Hall–Kier alpha value is -0.300. The summed E-state index contributed by atoms with van der Waals surface area (Å²) in [4.78, 5) is 0. The molecular weight excluding hydrogens is 110 g/mol. The minimum atomic E-state index is 0.797. The van der Waals surface area contributed by atoms with E-state index in [1.807, 2.05) is 0 Å². The van der Waals surface area contributed by atoms with Gasteiger partial charge in [0.25, 0.3) is 0 Å². The van der Waals surface area contributed by atoms with Crippen molar-refractivity contribution >= 4 is 0 Å². The summed E-state index contributed by atoms with van der Waals surface area (Å²) in [6.45, 7) is 7.37. The van der Waals surface area contributed by atoms with Gasteiger partial charge in [0.05, 0.1) is 13.1 Å². The monoisotopic (exact) mass is 124 g/mol. The van der Waals surface area contributed by atoms with Crippen LogP contribution >= 0.6 is 0 Å². The first-order chi connectivity index (χ1) is 4.25. The van der Waals surface area contributed by atoms with Gasteiger partial charge in [-0.1, -0.05) is 13.8 Å². The summed E-state index contributed by atoms with van der Waals surface area (Å²) in [6.07, 6.45) is 3.86. The van der Waals surface area contributed by atoms with Crippen LogP contribution in [0.5, 0.6) is 0 Å². The molecule has 1 nitrogen and oxygen atoms in total. The quantitative estimate of drug-likeness (QED) is 0.467. The van der Waals surface area contributed by atoms with E-state index in [0.717, 1.165) is 5.92 Å². The molecular formula is C8H14N+. The standard InChI is InChI=1S/C8H14N/c1-7(2)8-6-9(8)4-3-5-9/h6-7H,3-5H2,1-2H3/q+1. The van der Waals surface area contributed by atoms with Gasteiger partial charge in [0.15, 0.2) is 11.9 Å². The first kappa shape index (κ1) is 5.48. The Bertz CT molecular complexity index is 163. The van der Waals surface area contributed by atoms with Gasteiger partial charge < -0.3 is 0 Å². The van der Waals surface area contributed by atoms with Crippen molar-refractivity contribution in [2.45, 2.75) is 20.3 Å². The molecule has 1 saturated heterocycles. The van der Waals surface area contributed by atoms with Crippen molar-refractivity contribution in [1.82, 2.24) is 0 Å². The van der Waals surface area contributed by atoms with Gasteiger partial charge in [0.1, 0.15) is 0 Å². The summed E-state index contributed by atoms with van der Waals surface area (Å²) in [6, 6.07) is 0. The van der Waals surface area contributed by atoms with Crippen LogP contribution in [0, 0.1) is 5.92 Å². The minimum absolute atomic E-state index is 0.797. The third kappa shape index (κ3) is 0.584. The van der Waals surface area contributed by atoms with Gasteiger partial charge in [-0.15, -0.1) is 0 Å². The second-order valence-corrected chi connectivity index (χ2v) is 3.54. The van der Waals surface area contributed by atoms with E-state index in [0.29, 0.717) is 0 Å². The van der Waals surface area contributed by atoms with Crippen LogP contribution in [0.25, 0.3) is 0 Å². The SMILES string of the molecule is CC(C)C1=C[N+]12CCC2. The summed E-state index contributed by atoms with van der Waals surface area (Å²) >= 11 is 0. The van der Waals surface area contributed by atoms with Gasteiger partial charge in [0, 0.05) is 12.3 Å². The molecule has 0 N–H and O–H groups in total. The van der Waals surface area contributed by atoms with E-state index >= 15 is 0 Å². The molecule has 0 radical (unpaired) electrons. The Morgan fingerprint density at radius 3 is 2.22 bits per heavy atom. The van der Waals surface area contributed by atoms with Crippen LogP contribution in [0.1, 0.15) is 20.3 Å². The zero-order chi connectivity index (χ0) is 6.48. The average Bonchev–Trinajstić information content (AvgIpc) is 2.34. The Balaban J connectivity index is 1.99. The molecule has 0 aliphatic carbocycles. The fraction of sp³-hybridized carbons (Fsp3) is 0.750. The fourth-order valence-electron chi connectivity index (χ4n) is 1.77. The number of nitrogens with zero attached hydrogens (tertiary/aromatic N) is 1. The maximum atomic E-state index is 2.42. The first-order valence-corrected chi connectivity index (χ1v) is 3.85. The van der Waals surface area contributed by atoms with Crippen LogP contribution in [0.4, 0.5) is 0 Å². The summed E-state index contributed by atoms with van der Waals surface area (Å²) < 4.78 is 1.29. The highest BCUT2D eigenvalue weighted by Gasteiger charge is 2.51. The molecule has 50 valence electrons. The lowest BCUT2D eigenvalue weighted by Crippen LogP contribution is -2.42. The lowest BCUT2D eigenvalue weighted by molar-refractivity contribution is -0.824. The van der Waals surface area contributed by atoms with Crippen LogP contribution in [0.3, 0.4) is 0 Å². The van der Waals surface area contributed by atoms with Crippen LogP contribution in [0.15, 0.2) is 11.9 Å². The summed E-state index contributed by atoms with van der Waals surface area (Å²) in [5, 5.41) is 0. The van der Waals surface area contributed by atoms with E-state index < -0.39 is 0 Å². The third-order valence-electron chi connectivity index (χ3n) is 2.53. The Morgan fingerprint density at radius 1 is 1.44 bits per heavy atom. The lowest BCUT2D eigenvalue weighted by atomic mass is 10.1. The third-order valence-corrected chi connectivity index (χ3v) is 2.53. The van der Waals surface area contributed by atoms with Crippen LogP contribution in [0.2, 0.25) is 0 Å². The number of hydrogen-bond donors (Lipinski definition) is 0. The van der Waals surface area contributed by atoms with Crippen molar-refractivity contribution in [1.29, 1.82) is 0 Å². The second-order valence-electron chi connectivity index (χ2n) is 3.54. The molecule has 2 aliphatic rings. The first-order valence-electron chi connectivity index (χ1n) is 3.85. The molecule has 0 saturated carbocycles. The maximum absolute atomic E-state index is 2.42. The topological polar surface area (TPSA) is 0 Å². The minimum Gasteiger partial charge on any atom is -0.259 e. The number of quaternary nitrogens is 1. The molecule has 1 fully saturated rings. The molecule has 0 amide bonds. The van der Waals surface area contributed by atoms with E-state index in [2.05, 4.69) is 20.0 Å². The van der Waals surface area contributed by atoms with E-state index in [-0.39, 0.29) is 0 Å². The predicted molar refractivity (Wildman–Crippen MR) is 37.5 cm³/mol. The summed E-state index contributed by atoms with van der Waals surface area (Å²) in [5.74, 6) is 0.797. The molecule has 2 aliphatic heterocycles. The molecule has 0 aromatic rings. The van der Waals surface area contributed by atoms with E-state index in [1.165, 1.54) is 24.0 Å². The van der Waals surface area contributed by atoms with Crippen LogP contribution in [-0.4, -0.2) is 17.6 Å². The van der Waals surface area contributed by atoms with Gasteiger partial charge in [-0.25, -0.2) is 0 Å². The van der Waals surface area contributed by atoms with Crippen molar-refractivity contribution in [3.8, 4) is 0 Å². The van der Waals surface area contributed by atoms with Crippen molar-refractivity contribution < 1.29 is 4.48 Å². The van der Waals surface area contributed by atoms with Gasteiger partial charge in [-0.2, -0.15) is 0 Å². The van der Waals surface area contributed by atoms with E-state index in [1.54, 1.807) is 5.70 Å². The zero-order valence-corrected chi connectivity index (χ0v) is 6.22. The van der Waals surface area contributed by atoms with Crippen molar-refractivity contribution in [2.75, 3.05) is 13.1 Å². The van der Waals surface area contributed by atoms with Gasteiger partial charge in [0.2, 0.25) is 0 Å². The fourth-order valence-corrected chi connectivity index (χ4v) is 1.77. The van der Waals surface area contributed by atoms with Gasteiger partial charge in [-0.3, -0.25) is 4.48 Å². The highest BCUT2D eigenvalue weighted by atomic mass is 15.5. The molecule has 0 atom stereocenters. The van der Waals surface area contributed by atoms with Crippen molar-refractivity contribution in [3.05, 3.63) is 11.9 Å². The number of allylic oxidation sites excluding steroid dienone is 1. The second kappa shape index (κ2) is 1.40. The smallest absolute Gasteiger partial charge is 0.170 e. The van der Waals surface area contributed by atoms with E-state index in [4.69, 9.17) is 0 Å². The predicted octanol–water partition coefficient (Wildman–Crippen LogP) is 1.72. The van der Waals surface area contributed by atoms with Crippen LogP contribution < -0.4 is 0 Å². The highest BCUT2D eigenvalue weighted by molar-refractivity contribution is 5.09. The Labute approximate surface area is 56.6 Å². The number of rotatable bonds is 1. The molecule has 2 heterocycles. The van der Waals surface area contributed by atoms with Crippen LogP contribution in [-0.2, 0) is 0 Å². The normalized spacial score (nSPS) is 28.1. The summed E-state index contributed by atoms with van der Waals surface area (Å²) in [5.41, 5.74) is 1.68. The van der Waals surface area contributed by atoms with Gasteiger partial charge in [-0.05, 0) is 0 Å². The molecule has 0 aromatic heterocycles. The highest BCUT2D eigenvalue weighted by Crippen LogP contribution is 2.44. The van der Waals surface area contributed by atoms with Crippen molar-refractivity contribution in [2.24, 2.45) is 5.92 Å². The van der Waals surface area contributed by atoms with E-state index in [9.17, 15) is 0 Å². The average molecular weight is 124 g/mol. The molecule has 0 bridgehead atoms. The zero-order valence-electron chi connectivity index (χ0n) is 6.22. The maximum Gasteiger partial charge on any atom is 0.170 e. The molecule has 9 heavy (non-hydrogen) atoms. The lowest BCUT2D eigenvalue weighted by Gasteiger charge is -2.29.